The molecule has 7 nitrogen and oxygen atoms in total. The topological polar surface area (TPSA) is 98.7 Å². The van der Waals surface area contributed by atoms with Gasteiger partial charge in [-0.15, -0.1) is 0 Å². The molecule has 0 saturated heterocycles. The monoisotopic (exact) mass is 383 g/mol. The van der Waals surface area contributed by atoms with Crippen LogP contribution in [0.1, 0.15) is 47.0 Å². The van der Waals surface area contributed by atoms with Gasteiger partial charge in [0.2, 0.25) is 0 Å². The number of rotatable bonds is 6. The van der Waals surface area contributed by atoms with Gasteiger partial charge in [-0.2, -0.15) is 0 Å². The second-order valence-electron chi connectivity index (χ2n) is 6.77. The van der Waals surface area contributed by atoms with E-state index in [4.69, 9.17) is 13.6 Å². The van der Waals surface area contributed by atoms with Gasteiger partial charge in [-0.05, 0) is 48.2 Å². The molecule has 0 aliphatic carbocycles. The van der Waals surface area contributed by atoms with Crippen LogP contribution in [-0.4, -0.2) is 18.4 Å². The first-order valence-electron chi connectivity index (χ1n) is 8.89. The minimum absolute atomic E-state index is 0.0991. The number of aryl methyl sites for hydroxylation is 1. The average molecular weight is 383 g/mol. The van der Waals surface area contributed by atoms with Crippen LogP contribution in [0, 0.1) is 6.92 Å². The minimum Gasteiger partial charge on any atom is -0.459 e. The lowest BCUT2D eigenvalue weighted by Crippen LogP contribution is -2.30. The molecule has 7 heteroatoms. The molecule has 0 spiro atoms. The van der Waals surface area contributed by atoms with E-state index in [2.05, 4.69) is 19.2 Å². The fourth-order valence-corrected chi connectivity index (χ4v) is 2.99. The van der Waals surface area contributed by atoms with Crippen LogP contribution in [0.4, 0.5) is 0 Å². The molecule has 3 aromatic rings. The van der Waals surface area contributed by atoms with E-state index in [0.29, 0.717) is 17.1 Å². The molecule has 0 unspecified atom stereocenters. The number of carbonyl (C=O) groups is 2. The molecular formula is C21H21NO6. The Bertz CT molecular complexity index is 1060. The van der Waals surface area contributed by atoms with Gasteiger partial charge in [0.05, 0.1) is 6.26 Å². The summed E-state index contributed by atoms with van der Waals surface area (Å²) in [5.74, 6) is -0.734. The Balaban J connectivity index is 1.72. The number of ether oxygens (including phenoxy) is 1. The first-order valence-corrected chi connectivity index (χ1v) is 8.89. The van der Waals surface area contributed by atoms with Crippen molar-refractivity contribution in [1.82, 2.24) is 5.32 Å². The Morgan fingerprint density at radius 2 is 2.00 bits per heavy atom. The highest BCUT2D eigenvalue weighted by molar-refractivity contribution is 5.93. The van der Waals surface area contributed by atoms with E-state index >= 15 is 0 Å². The van der Waals surface area contributed by atoms with Crippen LogP contribution in [-0.2, 0) is 16.1 Å². The summed E-state index contributed by atoms with van der Waals surface area (Å²) in [4.78, 5) is 35.6. The van der Waals surface area contributed by atoms with Crippen LogP contribution < -0.4 is 10.9 Å². The van der Waals surface area contributed by atoms with E-state index in [0.717, 1.165) is 16.5 Å². The Kier molecular flexibility index (Phi) is 5.63. The van der Waals surface area contributed by atoms with Crippen LogP contribution in [0.5, 0.6) is 0 Å². The van der Waals surface area contributed by atoms with Crippen molar-refractivity contribution >= 4 is 22.8 Å². The van der Waals surface area contributed by atoms with Gasteiger partial charge in [-0.3, -0.25) is 9.59 Å². The standard InChI is InChI=1S/C21H21NO6/c1-12(2)15-9-16-14(8-19(23)28-18(16)7-13(15)3)11-27-20(24)10-22-21(25)17-5-4-6-26-17/h4-9,12H,10-11H2,1-3H3,(H,22,25). The third kappa shape index (κ3) is 4.31. The number of fused-ring (bicyclic) bond motifs is 1. The fraction of sp³-hybridized carbons (Fsp3) is 0.286. The van der Waals surface area contributed by atoms with Crippen molar-refractivity contribution < 1.29 is 23.2 Å². The Morgan fingerprint density at radius 1 is 1.21 bits per heavy atom. The van der Waals surface area contributed by atoms with E-state index in [1.165, 1.54) is 18.4 Å². The van der Waals surface area contributed by atoms with E-state index in [-0.39, 0.29) is 18.9 Å². The smallest absolute Gasteiger partial charge is 0.336 e. The van der Waals surface area contributed by atoms with Crippen molar-refractivity contribution in [3.8, 4) is 0 Å². The van der Waals surface area contributed by atoms with Gasteiger partial charge in [0.25, 0.3) is 5.91 Å². The van der Waals surface area contributed by atoms with Crippen molar-refractivity contribution in [3.63, 3.8) is 0 Å². The third-order valence-electron chi connectivity index (χ3n) is 4.37. The number of benzene rings is 1. The van der Waals surface area contributed by atoms with Crippen LogP contribution in [0.2, 0.25) is 0 Å². The summed E-state index contributed by atoms with van der Waals surface area (Å²) < 4.78 is 15.5. The number of amides is 1. The third-order valence-corrected chi connectivity index (χ3v) is 4.37. The van der Waals surface area contributed by atoms with Crippen molar-refractivity contribution in [2.45, 2.75) is 33.3 Å². The maximum atomic E-state index is 12.0. The molecule has 0 fully saturated rings. The molecule has 28 heavy (non-hydrogen) atoms. The predicted octanol–water partition coefficient (Wildman–Crippen LogP) is 3.29. The first-order chi connectivity index (χ1) is 13.3. The summed E-state index contributed by atoms with van der Waals surface area (Å²) in [6.45, 7) is 5.71. The second-order valence-corrected chi connectivity index (χ2v) is 6.77. The Hall–Kier alpha value is -3.35. The molecule has 3 rings (SSSR count). The molecule has 0 aliphatic heterocycles. The highest BCUT2D eigenvalue weighted by Gasteiger charge is 2.14. The zero-order chi connectivity index (χ0) is 20.3. The molecule has 2 aromatic heterocycles. The van der Waals surface area contributed by atoms with E-state index in [1.807, 2.05) is 19.1 Å². The van der Waals surface area contributed by atoms with E-state index in [1.54, 1.807) is 6.07 Å². The summed E-state index contributed by atoms with van der Waals surface area (Å²) in [6.07, 6.45) is 1.37. The highest BCUT2D eigenvalue weighted by atomic mass is 16.5. The lowest BCUT2D eigenvalue weighted by molar-refractivity contribution is -0.143. The summed E-state index contributed by atoms with van der Waals surface area (Å²) in [5, 5.41) is 3.14. The summed E-state index contributed by atoms with van der Waals surface area (Å²) in [6, 6.07) is 8.16. The van der Waals surface area contributed by atoms with Gasteiger partial charge in [0, 0.05) is 17.0 Å². The van der Waals surface area contributed by atoms with E-state index < -0.39 is 17.5 Å². The maximum absolute atomic E-state index is 12.0. The molecular weight excluding hydrogens is 362 g/mol. The number of carbonyl (C=O) groups excluding carboxylic acids is 2. The molecule has 146 valence electrons. The van der Waals surface area contributed by atoms with Gasteiger partial charge >= 0.3 is 11.6 Å². The lowest BCUT2D eigenvalue weighted by atomic mass is 9.95. The normalized spacial score (nSPS) is 11.0. The molecule has 0 bridgehead atoms. The van der Waals surface area contributed by atoms with Gasteiger partial charge in [-0.1, -0.05) is 13.8 Å². The molecule has 0 radical (unpaired) electrons. The lowest BCUT2D eigenvalue weighted by Gasteiger charge is -2.13. The minimum atomic E-state index is -0.627. The second kappa shape index (κ2) is 8.12. The Morgan fingerprint density at radius 3 is 2.68 bits per heavy atom. The van der Waals surface area contributed by atoms with Crippen molar-refractivity contribution in [2.75, 3.05) is 6.54 Å². The van der Waals surface area contributed by atoms with Crippen LogP contribution in [0.15, 0.2) is 50.2 Å². The SMILES string of the molecule is Cc1cc2oc(=O)cc(COC(=O)CNC(=O)c3ccco3)c2cc1C(C)C. The van der Waals surface area contributed by atoms with Crippen molar-refractivity contribution in [3.05, 3.63) is 69.5 Å². The van der Waals surface area contributed by atoms with Gasteiger partial charge < -0.3 is 18.9 Å². The summed E-state index contributed by atoms with van der Waals surface area (Å²) in [5.41, 5.74) is 2.65. The molecule has 0 saturated carbocycles. The molecule has 1 amide bonds. The van der Waals surface area contributed by atoms with Gasteiger partial charge in [0.15, 0.2) is 5.76 Å². The number of hydrogen-bond donors (Lipinski definition) is 1. The largest absolute Gasteiger partial charge is 0.459 e. The van der Waals surface area contributed by atoms with Crippen LogP contribution in [0.3, 0.4) is 0 Å². The van der Waals surface area contributed by atoms with Crippen molar-refractivity contribution in [1.29, 1.82) is 0 Å². The average Bonchev–Trinajstić information content (AvgIpc) is 3.18. The number of furan rings is 1. The maximum Gasteiger partial charge on any atom is 0.336 e. The van der Waals surface area contributed by atoms with Gasteiger partial charge in [0.1, 0.15) is 18.7 Å². The van der Waals surface area contributed by atoms with Crippen molar-refractivity contribution in [2.24, 2.45) is 0 Å². The molecule has 1 aromatic carbocycles. The summed E-state index contributed by atoms with van der Waals surface area (Å²) in [7, 11) is 0. The number of nitrogens with one attached hydrogen (secondary N) is 1. The van der Waals surface area contributed by atoms with E-state index in [9.17, 15) is 14.4 Å². The predicted molar refractivity (Wildman–Crippen MR) is 102 cm³/mol. The van der Waals surface area contributed by atoms with Crippen LogP contribution in [0.25, 0.3) is 11.0 Å². The van der Waals surface area contributed by atoms with Crippen LogP contribution >= 0.6 is 0 Å². The molecule has 1 N–H and O–H groups in total. The quantitative estimate of drug-likeness (QED) is 0.518. The zero-order valence-corrected chi connectivity index (χ0v) is 15.9. The molecule has 0 atom stereocenters. The zero-order valence-electron chi connectivity index (χ0n) is 15.9. The first kappa shape index (κ1) is 19.4. The summed E-state index contributed by atoms with van der Waals surface area (Å²) >= 11 is 0. The molecule has 2 heterocycles. The number of hydrogen-bond acceptors (Lipinski definition) is 6. The Labute approximate surface area is 161 Å². The fourth-order valence-electron chi connectivity index (χ4n) is 2.99. The molecule has 0 aliphatic rings. The highest BCUT2D eigenvalue weighted by Crippen LogP contribution is 2.27. The number of esters is 1. The van der Waals surface area contributed by atoms with Gasteiger partial charge in [-0.25, -0.2) is 4.79 Å².